The maximum Gasteiger partial charge on any atom is 0.262 e. The Bertz CT molecular complexity index is 761. The highest BCUT2D eigenvalue weighted by molar-refractivity contribution is 7.92. The van der Waals surface area contributed by atoms with Gasteiger partial charge < -0.3 is 4.74 Å². The van der Waals surface area contributed by atoms with Crippen LogP contribution in [0.5, 0.6) is 5.75 Å². The molecule has 2 aromatic rings. The summed E-state index contributed by atoms with van der Waals surface area (Å²) in [5.41, 5.74) is 0.0645. The number of ether oxygens (including phenoxy) is 1. The number of anilines is 1. The zero-order chi connectivity index (χ0) is 15.6. The number of methoxy groups -OCH3 is 1. The van der Waals surface area contributed by atoms with Crippen LogP contribution in [0, 0.1) is 11.6 Å². The van der Waals surface area contributed by atoms with Gasteiger partial charge in [-0.25, -0.2) is 17.2 Å². The van der Waals surface area contributed by atoms with Crippen molar-refractivity contribution in [3.63, 3.8) is 0 Å². The second-order valence-corrected chi connectivity index (χ2v) is 6.17. The smallest absolute Gasteiger partial charge is 0.262 e. The van der Waals surface area contributed by atoms with Crippen molar-refractivity contribution in [1.82, 2.24) is 0 Å². The fourth-order valence-electron chi connectivity index (χ4n) is 1.65. The molecule has 0 atom stereocenters. The highest BCUT2D eigenvalue weighted by atomic mass is 35.5. The lowest BCUT2D eigenvalue weighted by Gasteiger charge is -2.12. The van der Waals surface area contributed by atoms with Crippen molar-refractivity contribution in [3.8, 4) is 5.75 Å². The summed E-state index contributed by atoms with van der Waals surface area (Å²) in [6.07, 6.45) is 0. The summed E-state index contributed by atoms with van der Waals surface area (Å²) in [6, 6.07) is 6.31. The summed E-state index contributed by atoms with van der Waals surface area (Å²) in [5, 5.41) is 0.277. The summed E-state index contributed by atoms with van der Waals surface area (Å²) in [5.74, 6) is -1.76. The van der Waals surface area contributed by atoms with Crippen molar-refractivity contribution < 1.29 is 21.9 Å². The lowest BCUT2D eigenvalue weighted by Crippen LogP contribution is -2.14. The number of nitrogens with one attached hydrogen (secondary N) is 1. The van der Waals surface area contributed by atoms with Gasteiger partial charge in [0.15, 0.2) is 0 Å². The van der Waals surface area contributed by atoms with Crippen LogP contribution in [-0.4, -0.2) is 15.5 Å². The Morgan fingerprint density at radius 2 is 1.71 bits per heavy atom. The highest BCUT2D eigenvalue weighted by Gasteiger charge is 2.18. The van der Waals surface area contributed by atoms with E-state index in [-0.39, 0.29) is 16.5 Å². The third-order valence-electron chi connectivity index (χ3n) is 2.55. The van der Waals surface area contributed by atoms with E-state index in [1.54, 1.807) is 0 Å². The van der Waals surface area contributed by atoms with Gasteiger partial charge in [0.05, 0.1) is 17.7 Å². The molecular weight excluding hydrogens is 324 g/mol. The zero-order valence-corrected chi connectivity index (χ0v) is 12.3. The first-order valence-electron chi connectivity index (χ1n) is 5.64. The molecule has 0 aromatic heterocycles. The monoisotopic (exact) mass is 333 g/mol. The highest BCUT2D eigenvalue weighted by Crippen LogP contribution is 2.30. The molecule has 1 N–H and O–H groups in total. The largest absolute Gasteiger partial charge is 0.495 e. The van der Waals surface area contributed by atoms with Crippen LogP contribution >= 0.6 is 11.6 Å². The van der Waals surface area contributed by atoms with Crippen LogP contribution < -0.4 is 9.46 Å². The van der Waals surface area contributed by atoms with Gasteiger partial charge in [0.25, 0.3) is 10.0 Å². The molecule has 8 heteroatoms. The fourth-order valence-corrected chi connectivity index (χ4v) is 2.92. The first kappa shape index (κ1) is 15.5. The van der Waals surface area contributed by atoms with E-state index in [1.165, 1.54) is 25.3 Å². The SMILES string of the molecule is COc1ccc(Cl)cc1NS(=O)(=O)c1cc(F)cc(F)c1. The molecule has 0 heterocycles. The molecule has 0 aliphatic rings. The second kappa shape index (κ2) is 5.87. The summed E-state index contributed by atoms with van der Waals surface area (Å²) in [4.78, 5) is -0.540. The molecule has 112 valence electrons. The van der Waals surface area contributed by atoms with Crippen molar-refractivity contribution in [3.05, 3.63) is 53.1 Å². The summed E-state index contributed by atoms with van der Waals surface area (Å²) >= 11 is 5.79. The Balaban J connectivity index is 2.44. The predicted molar refractivity (Wildman–Crippen MR) is 75.2 cm³/mol. The first-order chi connectivity index (χ1) is 9.81. The summed E-state index contributed by atoms with van der Waals surface area (Å²) < 4.78 is 57.7. The van der Waals surface area contributed by atoms with Gasteiger partial charge in [-0.3, -0.25) is 4.72 Å². The average Bonchev–Trinajstić information content (AvgIpc) is 2.37. The quantitative estimate of drug-likeness (QED) is 0.932. The van der Waals surface area contributed by atoms with E-state index < -0.39 is 26.6 Å². The molecule has 0 amide bonds. The van der Waals surface area contributed by atoms with Crippen molar-refractivity contribution in [1.29, 1.82) is 0 Å². The van der Waals surface area contributed by atoms with Gasteiger partial charge in [-0.05, 0) is 30.3 Å². The van der Waals surface area contributed by atoms with Gasteiger partial charge in [-0.15, -0.1) is 0 Å². The van der Waals surface area contributed by atoms with Crippen molar-refractivity contribution in [2.45, 2.75) is 4.90 Å². The Hall–Kier alpha value is -1.86. The van der Waals surface area contributed by atoms with Crippen molar-refractivity contribution in [2.75, 3.05) is 11.8 Å². The Morgan fingerprint density at radius 3 is 2.29 bits per heavy atom. The van der Waals surface area contributed by atoms with Gasteiger partial charge in [-0.1, -0.05) is 11.6 Å². The number of benzene rings is 2. The number of sulfonamides is 1. The average molecular weight is 334 g/mol. The minimum Gasteiger partial charge on any atom is -0.495 e. The van der Waals surface area contributed by atoms with Gasteiger partial charge >= 0.3 is 0 Å². The van der Waals surface area contributed by atoms with E-state index in [4.69, 9.17) is 16.3 Å². The second-order valence-electron chi connectivity index (χ2n) is 4.06. The maximum absolute atomic E-state index is 13.1. The topological polar surface area (TPSA) is 55.4 Å². The lowest BCUT2D eigenvalue weighted by molar-refractivity contribution is 0.417. The Morgan fingerprint density at radius 1 is 1.10 bits per heavy atom. The lowest BCUT2D eigenvalue weighted by atomic mass is 10.3. The van der Waals surface area contributed by atoms with Crippen LogP contribution in [0.25, 0.3) is 0 Å². The zero-order valence-electron chi connectivity index (χ0n) is 10.7. The number of halogens is 3. The van der Waals surface area contributed by atoms with Gasteiger partial charge in [0.1, 0.15) is 17.4 Å². The molecule has 0 spiro atoms. The standard InChI is InChI=1S/C13H10ClF2NO3S/c1-20-13-3-2-8(14)4-12(13)17-21(18,19)11-6-9(15)5-10(16)7-11/h2-7,17H,1H3. The molecule has 21 heavy (non-hydrogen) atoms. The molecule has 0 unspecified atom stereocenters. The first-order valence-corrected chi connectivity index (χ1v) is 7.50. The van der Waals surface area contributed by atoms with Crippen LogP contribution in [0.2, 0.25) is 5.02 Å². The Labute approximate surface area is 125 Å². The summed E-state index contributed by atoms with van der Waals surface area (Å²) in [6.45, 7) is 0. The molecule has 0 aliphatic carbocycles. The molecule has 0 bridgehead atoms. The van der Waals surface area contributed by atoms with Gasteiger partial charge in [-0.2, -0.15) is 0 Å². The van der Waals surface area contributed by atoms with E-state index in [2.05, 4.69) is 4.72 Å². The molecule has 2 rings (SSSR count). The third kappa shape index (κ3) is 3.62. The number of rotatable bonds is 4. The van der Waals surface area contributed by atoms with E-state index in [0.717, 1.165) is 0 Å². The normalized spacial score (nSPS) is 11.2. The van der Waals surface area contributed by atoms with Gasteiger partial charge in [0, 0.05) is 11.1 Å². The molecule has 0 saturated heterocycles. The van der Waals surface area contributed by atoms with Crippen LogP contribution in [0.4, 0.5) is 14.5 Å². The molecular formula is C13H10ClF2NO3S. The minimum absolute atomic E-state index is 0.0645. The Kier molecular flexibility index (Phi) is 4.34. The predicted octanol–water partition coefficient (Wildman–Crippen LogP) is 3.43. The van der Waals surface area contributed by atoms with Crippen LogP contribution in [0.1, 0.15) is 0 Å². The third-order valence-corrected chi connectivity index (χ3v) is 4.13. The minimum atomic E-state index is -4.18. The van der Waals surface area contributed by atoms with Crippen LogP contribution in [0.15, 0.2) is 41.3 Å². The fraction of sp³-hybridized carbons (Fsp3) is 0.0769. The molecule has 0 saturated carbocycles. The van der Waals surface area contributed by atoms with E-state index in [1.807, 2.05) is 0 Å². The van der Waals surface area contributed by atoms with E-state index >= 15 is 0 Å². The van der Waals surface area contributed by atoms with E-state index in [0.29, 0.717) is 18.2 Å². The molecule has 0 radical (unpaired) electrons. The van der Waals surface area contributed by atoms with Gasteiger partial charge in [0.2, 0.25) is 0 Å². The van der Waals surface area contributed by atoms with Crippen LogP contribution in [-0.2, 0) is 10.0 Å². The molecule has 0 fully saturated rings. The maximum atomic E-state index is 13.1. The number of hydrogen-bond donors (Lipinski definition) is 1. The van der Waals surface area contributed by atoms with Crippen molar-refractivity contribution >= 4 is 27.3 Å². The van der Waals surface area contributed by atoms with E-state index in [9.17, 15) is 17.2 Å². The molecule has 4 nitrogen and oxygen atoms in total. The summed E-state index contributed by atoms with van der Waals surface area (Å²) in [7, 11) is -2.83. The molecule has 0 aliphatic heterocycles. The van der Waals surface area contributed by atoms with Crippen LogP contribution in [0.3, 0.4) is 0 Å². The van der Waals surface area contributed by atoms with Crippen molar-refractivity contribution in [2.24, 2.45) is 0 Å². The molecule has 2 aromatic carbocycles. The number of hydrogen-bond acceptors (Lipinski definition) is 3.